The Labute approximate surface area is 216 Å². The fourth-order valence-corrected chi connectivity index (χ4v) is 3.85. The summed E-state index contributed by atoms with van der Waals surface area (Å²) in [5.74, 6) is -0.217. The zero-order valence-corrected chi connectivity index (χ0v) is 21.0. The first-order chi connectivity index (χ1) is 15.4. The number of rotatable bonds is 7. The largest absolute Gasteiger partial charge is 0.353 e. The van der Waals surface area contributed by atoms with Crippen LogP contribution in [0.25, 0.3) is 0 Å². The van der Waals surface area contributed by atoms with Crippen LogP contribution in [0.15, 0.2) is 67.0 Å². The monoisotopic (exact) mass is 520 g/mol. The summed E-state index contributed by atoms with van der Waals surface area (Å²) >= 11 is 5.97. The molecule has 1 aromatic heterocycles. The molecule has 1 heterocycles. The number of nitrogens with one attached hydrogen (secondary N) is 2. The van der Waals surface area contributed by atoms with Crippen molar-refractivity contribution in [3.8, 4) is 0 Å². The fourth-order valence-electron chi connectivity index (χ4n) is 3.72. The van der Waals surface area contributed by atoms with Crippen molar-refractivity contribution < 1.29 is 9.59 Å². The van der Waals surface area contributed by atoms with E-state index in [4.69, 9.17) is 17.3 Å². The van der Waals surface area contributed by atoms with E-state index < -0.39 is 5.41 Å². The Bertz CT molecular complexity index is 1130. The molecule has 1 atom stereocenters. The van der Waals surface area contributed by atoms with Crippen molar-refractivity contribution in [3.05, 3.63) is 94.3 Å². The second kappa shape index (κ2) is 11.7. The second-order valence-corrected chi connectivity index (χ2v) is 8.61. The predicted molar refractivity (Wildman–Crippen MR) is 140 cm³/mol. The highest BCUT2D eigenvalue weighted by Crippen LogP contribution is 2.48. The van der Waals surface area contributed by atoms with Crippen LogP contribution in [-0.4, -0.2) is 23.3 Å². The van der Waals surface area contributed by atoms with Crippen molar-refractivity contribution in [1.82, 2.24) is 10.3 Å². The summed E-state index contributed by atoms with van der Waals surface area (Å²) in [5.41, 5.74) is 9.79. The number of carbonyl (C=O) groups excluding carboxylic acids is 2. The van der Waals surface area contributed by atoms with Crippen molar-refractivity contribution in [2.24, 2.45) is 5.73 Å². The molecule has 180 valence electrons. The molecule has 4 N–H and O–H groups in total. The van der Waals surface area contributed by atoms with Crippen molar-refractivity contribution >= 4 is 53.9 Å². The van der Waals surface area contributed by atoms with E-state index in [1.165, 1.54) is 0 Å². The maximum Gasteiger partial charge on any atom is 0.255 e. The molecule has 1 unspecified atom stereocenters. The van der Waals surface area contributed by atoms with E-state index in [1.807, 2.05) is 43.3 Å². The van der Waals surface area contributed by atoms with E-state index in [0.717, 1.165) is 35.2 Å². The van der Waals surface area contributed by atoms with E-state index in [-0.39, 0.29) is 42.7 Å². The number of carbonyl (C=O) groups is 2. The molecule has 2 aromatic carbocycles. The quantitative estimate of drug-likeness (QED) is 0.408. The zero-order chi connectivity index (χ0) is 22.7. The molecule has 0 bridgehead atoms. The molecule has 1 saturated carbocycles. The third-order valence-electron chi connectivity index (χ3n) is 5.93. The number of aromatic nitrogens is 1. The van der Waals surface area contributed by atoms with Crippen molar-refractivity contribution in [3.63, 3.8) is 0 Å². The number of benzene rings is 2. The number of hydrogen-bond donors (Lipinski definition) is 3. The molecule has 1 fully saturated rings. The number of nitrogens with two attached hydrogens (primary N) is 1. The van der Waals surface area contributed by atoms with Crippen LogP contribution in [0.2, 0.25) is 5.02 Å². The normalized spacial score (nSPS) is 14.1. The van der Waals surface area contributed by atoms with Gasteiger partial charge in [-0.25, -0.2) is 0 Å². The minimum Gasteiger partial charge on any atom is -0.353 e. The standard InChI is InChI=1S/C25H25ClN4O2.2ClH/c1-16-14-28-13-10-22(16)30-23(31)18-4-2-17(3-5-18)21(27)15-29-24(32)25(11-12-25)19-6-8-20(26)9-7-19;;/h2-10,13-14,21H,11-12,15,27H2,1H3,(H,29,32)(H,28,30,31);2*1H. The summed E-state index contributed by atoms with van der Waals surface area (Å²) in [4.78, 5) is 29.4. The van der Waals surface area contributed by atoms with E-state index >= 15 is 0 Å². The fraction of sp³-hybridized carbons (Fsp3) is 0.240. The van der Waals surface area contributed by atoms with Crippen LogP contribution < -0.4 is 16.4 Å². The molecule has 0 saturated heterocycles. The minimum atomic E-state index is -0.475. The molecule has 1 aliphatic carbocycles. The van der Waals surface area contributed by atoms with Gasteiger partial charge in [-0.1, -0.05) is 35.9 Å². The van der Waals surface area contributed by atoms with Crippen LogP contribution in [0.5, 0.6) is 0 Å². The third kappa shape index (κ3) is 6.07. The molecule has 0 aliphatic heterocycles. The Morgan fingerprint density at radius 3 is 2.29 bits per heavy atom. The highest BCUT2D eigenvalue weighted by Gasteiger charge is 2.51. The summed E-state index contributed by atoms with van der Waals surface area (Å²) in [6.07, 6.45) is 4.97. The Hall–Kier alpha value is -2.64. The third-order valence-corrected chi connectivity index (χ3v) is 6.19. The average molecular weight is 522 g/mol. The van der Waals surface area contributed by atoms with Gasteiger partial charge in [0.25, 0.3) is 5.91 Å². The van der Waals surface area contributed by atoms with Gasteiger partial charge in [-0.05, 0) is 66.8 Å². The molecule has 34 heavy (non-hydrogen) atoms. The van der Waals surface area contributed by atoms with Gasteiger partial charge in [0.05, 0.1) is 5.41 Å². The number of hydrogen-bond acceptors (Lipinski definition) is 4. The highest BCUT2D eigenvalue weighted by molar-refractivity contribution is 6.30. The number of anilines is 1. The van der Waals surface area contributed by atoms with Gasteiger partial charge in [-0.3, -0.25) is 14.6 Å². The van der Waals surface area contributed by atoms with Gasteiger partial charge >= 0.3 is 0 Å². The van der Waals surface area contributed by atoms with Gasteiger partial charge in [-0.2, -0.15) is 0 Å². The Kier molecular flexibility index (Phi) is 9.47. The molecular formula is C25H27Cl3N4O2. The average Bonchev–Trinajstić information content (AvgIpc) is 3.61. The van der Waals surface area contributed by atoms with Gasteiger partial charge < -0.3 is 16.4 Å². The van der Waals surface area contributed by atoms with Crippen LogP contribution >= 0.6 is 36.4 Å². The van der Waals surface area contributed by atoms with Crippen LogP contribution in [0.3, 0.4) is 0 Å². The number of amides is 2. The van der Waals surface area contributed by atoms with Gasteiger partial charge in [0, 0.05) is 41.3 Å². The molecule has 0 spiro atoms. The van der Waals surface area contributed by atoms with Gasteiger partial charge in [0.15, 0.2) is 0 Å². The lowest BCUT2D eigenvalue weighted by molar-refractivity contribution is -0.123. The summed E-state index contributed by atoms with van der Waals surface area (Å²) in [6, 6.07) is 15.9. The predicted octanol–water partition coefficient (Wildman–Crippen LogP) is 4.99. The van der Waals surface area contributed by atoms with Crippen molar-refractivity contribution in [2.45, 2.75) is 31.2 Å². The van der Waals surface area contributed by atoms with Gasteiger partial charge in [0.2, 0.25) is 5.91 Å². The number of halogens is 3. The Morgan fingerprint density at radius 2 is 1.71 bits per heavy atom. The minimum absolute atomic E-state index is 0. The molecule has 4 rings (SSSR count). The van der Waals surface area contributed by atoms with E-state index in [9.17, 15) is 9.59 Å². The Balaban J connectivity index is 0.00000204. The molecule has 2 amide bonds. The number of nitrogens with zero attached hydrogens (tertiary/aromatic N) is 1. The molecule has 6 nitrogen and oxygen atoms in total. The maximum atomic E-state index is 12.8. The molecular weight excluding hydrogens is 495 g/mol. The van der Waals surface area contributed by atoms with Crippen molar-refractivity contribution in [1.29, 1.82) is 0 Å². The summed E-state index contributed by atoms with van der Waals surface area (Å²) in [6.45, 7) is 2.20. The second-order valence-electron chi connectivity index (χ2n) is 8.17. The number of aryl methyl sites for hydroxylation is 1. The maximum absolute atomic E-state index is 12.8. The van der Waals surface area contributed by atoms with E-state index in [2.05, 4.69) is 15.6 Å². The lowest BCUT2D eigenvalue weighted by Gasteiger charge is -2.19. The lowest BCUT2D eigenvalue weighted by atomic mass is 9.95. The van der Waals surface area contributed by atoms with Crippen LogP contribution in [0.1, 0.15) is 45.9 Å². The molecule has 9 heteroatoms. The Morgan fingerprint density at radius 1 is 1.06 bits per heavy atom. The first kappa shape index (κ1) is 27.6. The van der Waals surface area contributed by atoms with Gasteiger partial charge in [-0.15, -0.1) is 24.8 Å². The topological polar surface area (TPSA) is 97.1 Å². The summed E-state index contributed by atoms with van der Waals surface area (Å²) in [5, 5.41) is 6.53. The summed E-state index contributed by atoms with van der Waals surface area (Å²) < 4.78 is 0. The zero-order valence-electron chi connectivity index (χ0n) is 18.6. The molecule has 0 radical (unpaired) electrons. The molecule has 3 aromatic rings. The summed E-state index contributed by atoms with van der Waals surface area (Å²) in [7, 11) is 0. The SMILES string of the molecule is Cc1cnccc1NC(=O)c1ccc(C(N)CNC(=O)C2(c3ccc(Cl)cc3)CC2)cc1.Cl.Cl. The number of pyridine rings is 1. The van der Waals surface area contributed by atoms with Crippen molar-refractivity contribution in [2.75, 3.05) is 11.9 Å². The van der Waals surface area contributed by atoms with Crippen LogP contribution in [0.4, 0.5) is 5.69 Å². The molecule has 1 aliphatic rings. The van der Waals surface area contributed by atoms with E-state index in [0.29, 0.717) is 17.1 Å². The van der Waals surface area contributed by atoms with Gasteiger partial charge in [0.1, 0.15) is 0 Å². The first-order valence-corrected chi connectivity index (χ1v) is 10.9. The van der Waals surface area contributed by atoms with Crippen LogP contribution in [0, 0.1) is 6.92 Å². The lowest BCUT2D eigenvalue weighted by Crippen LogP contribution is -2.38. The smallest absolute Gasteiger partial charge is 0.255 e. The highest BCUT2D eigenvalue weighted by atomic mass is 35.5. The first-order valence-electron chi connectivity index (χ1n) is 10.5. The van der Waals surface area contributed by atoms with Crippen LogP contribution in [-0.2, 0) is 10.2 Å². The van der Waals surface area contributed by atoms with E-state index in [1.54, 1.807) is 30.6 Å².